The van der Waals surface area contributed by atoms with Crippen molar-refractivity contribution in [1.82, 2.24) is 0 Å². The highest BCUT2D eigenvalue weighted by Gasteiger charge is 2.19. The Morgan fingerprint density at radius 2 is 2.00 bits per heavy atom. The number of aliphatic imine (C=N–C) groups is 1. The molecular weight excluding hydrogens is 182 g/mol. The van der Waals surface area contributed by atoms with Crippen LogP contribution in [0.1, 0.15) is 19.8 Å². The zero-order chi connectivity index (χ0) is 9.61. The molecule has 0 aliphatic rings. The summed E-state index contributed by atoms with van der Waals surface area (Å²) >= 11 is 2.16. The monoisotopic (exact) mass is 203 g/mol. The van der Waals surface area contributed by atoms with E-state index in [0.29, 0.717) is 0 Å². The number of hydrogen-bond donors (Lipinski definition) is 0. The molecule has 12 heavy (non-hydrogen) atoms. The van der Waals surface area contributed by atoms with Gasteiger partial charge < -0.3 is 0 Å². The summed E-state index contributed by atoms with van der Waals surface area (Å²) in [4.78, 5) is 3.99. The Hall–Kier alpha value is 0.237. The topological polar surface area (TPSA) is 12.4 Å². The third kappa shape index (κ3) is 6.92. The Kier molecular flexibility index (Phi) is 5.92. The zero-order valence-corrected chi connectivity index (χ0v) is 10.6. The van der Waals surface area contributed by atoms with Gasteiger partial charge in [-0.15, -0.1) is 0 Å². The van der Waals surface area contributed by atoms with Crippen LogP contribution in [0, 0.1) is 0 Å². The highest BCUT2D eigenvalue weighted by molar-refractivity contribution is 8.29. The second kappa shape index (κ2) is 5.81. The van der Waals surface area contributed by atoms with Gasteiger partial charge in [-0.05, 0) is 13.1 Å². The number of rotatable bonds is 6. The summed E-state index contributed by atoms with van der Waals surface area (Å²) in [6.07, 6.45) is 2.55. The molecule has 0 heterocycles. The second-order valence-electron chi connectivity index (χ2n) is 4.05. The fourth-order valence-electron chi connectivity index (χ4n) is 1.15. The Balaban J connectivity index is 3.85. The Bertz CT molecular complexity index is 131. The van der Waals surface area contributed by atoms with Crippen molar-refractivity contribution in [3.05, 3.63) is 0 Å². The van der Waals surface area contributed by atoms with Crippen LogP contribution in [0.15, 0.2) is 4.99 Å². The smallest absolute Gasteiger partial charge is 0.108 e. The molecule has 0 aromatic carbocycles. The van der Waals surface area contributed by atoms with Crippen LogP contribution < -0.4 is 0 Å². The highest BCUT2D eigenvalue weighted by atomic mass is 32.4. The molecule has 1 nitrogen and oxygen atoms in total. The SMILES string of the molecule is C=NCC(CCC)S[Si](C)(C)C. The van der Waals surface area contributed by atoms with Crippen molar-refractivity contribution in [1.29, 1.82) is 0 Å². The summed E-state index contributed by atoms with van der Waals surface area (Å²) in [5.41, 5.74) is 0. The van der Waals surface area contributed by atoms with E-state index in [-0.39, 0.29) is 0 Å². The quantitative estimate of drug-likeness (QED) is 0.476. The maximum Gasteiger partial charge on any atom is 0.108 e. The largest absolute Gasteiger partial charge is 0.300 e. The lowest BCUT2D eigenvalue weighted by molar-refractivity contribution is 0.749. The first kappa shape index (κ1) is 12.2. The first-order chi connectivity index (χ1) is 5.49. The highest BCUT2D eigenvalue weighted by Crippen LogP contribution is 2.27. The summed E-state index contributed by atoms with van der Waals surface area (Å²) < 4.78 is 0. The van der Waals surface area contributed by atoms with Gasteiger partial charge in [0.15, 0.2) is 0 Å². The van der Waals surface area contributed by atoms with Crippen molar-refractivity contribution >= 4 is 25.2 Å². The minimum Gasteiger partial charge on any atom is -0.300 e. The zero-order valence-electron chi connectivity index (χ0n) is 8.76. The predicted molar refractivity (Wildman–Crippen MR) is 64.0 cm³/mol. The third-order valence-corrected chi connectivity index (χ3v) is 6.01. The molecule has 0 fully saturated rings. The lowest BCUT2D eigenvalue weighted by atomic mass is 10.2. The minimum absolute atomic E-state index is 0.721. The van der Waals surface area contributed by atoms with Gasteiger partial charge in [-0.2, -0.15) is 11.2 Å². The number of nitrogens with zero attached hydrogens (tertiary/aromatic N) is 1. The van der Waals surface area contributed by atoms with Crippen LogP contribution in [0.3, 0.4) is 0 Å². The molecular formula is C9H21NSSi. The van der Waals surface area contributed by atoms with Crippen LogP contribution in [0.25, 0.3) is 0 Å². The summed E-state index contributed by atoms with van der Waals surface area (Å²) in [5, 5.41) is 0.721. The average Bonchev–Trinajstić information content (AvgIpc) is 1.84. The lowest BCUT2D eigenvalue weighted by Gasteiger charge is -2.22. The van der Waals surface area contributed by atoms with Crippen molar-refractivity contribution < 1.29 is 0 Å². The van der Waals surface area contributed by atoms with Gasteiger partial charge in [-0.25, -0.2) is 0 Å². The van der Waals surface area contributed by atoms with E-state index in [0.717, 1.165) is 11.8 Å². The van der Waals surface area contributed by atoms with E-state index in [1.807, 2.05) is 0 Å². The van der Waals surface area contributed by atoms with Gasteiger partial charge in [0, 0.05) is 11.8 Å². The van der Waals surface area contributed by atoms with Crippen LogP contribution in [0.5, 0.6) is 0 Å². The molecule has 0 rings (SSSR count). The first-order valence-electron chi connectivity index (χ1n) is 4.60. The summed E-state index contributed by atoms with van der Waals surface area (Å²) in [6.45, 7) is 13.9. The van der Waals surface area contributed by atoms with Crippen LogP contribution in [0.2, 0.25) is 19.6 Å². The molecule has 0 amide bonds. The number of hydrogen-bond acceptors (Lipinski definition) is 2. The fraction of sp³-hybridized carbons (Fsp3) is 0.889. The molecule has 72 valence electrons. The molecule has 1 atom stereocenters. The predicted octanol–water partition coefficient (Wildman–Crippen LogP) is 3.42. The van der Waals surface area contributed by atoms with E-state index in [2.05, 4.69) is 49.5 Å². The van der Waals surface area contributed by atoms with E-state index in [1.165, 1.54) is 12.8 Å². The Morgan fingerprint density at radius 1 is 1.42 bits per heavy atom. The van der Waals surface area contributed by atoms with E-state index in [4.69, 9.17) is 0 Å². The molecule has 0 saturated carbocycles. The van der Waals surface area contributed by atoms with Crippen LogP contribution in [-0.2, 0) is 0 Å². The lowest BCUT2D eigenvalue weighted by Crippen LogP contribution is -2.22. The van der Waals surface area contributed by atoms with Gasteiger partial charge in [-0.1, -0.05) is 33.0 Å². The van der Waals surface area contributed by atoms with Crippen LogP contribution in [0.4, 0.5) is 0 Å². The molecule has 0 aliphatic carbocycles. The van der Waals surface area contributed by atoms with Gasteiger partial charge in [0.2, 0.25) is 0 Å². The summed E-state index contributed by atoms with van der Waals surface area (Å²) in [5.74, 6) is 0. The third-order valence-electron chi connectivity index (χ3n) is 1.46. The molecule has 3 heteroatoms. The Labute approximate surface area is 81.7 Å². The molecule has 0 aliphatic heterocycles. The molecule has 0 spiro atoms. The van der Waals surface area contributed by atoms with E-state index >= 15 is 0 Å². The van der Waals surface area contributed by atoms with E-state index < -0.39 is 7.22 Å². The van der Waals surface area contributed by atoms with E-state index in [1.54, 1.807) is 0 Å². The minimum atomic E-state index is -0.966. The van der Waals surface area contributed by atoms with Crippen LogP contribution in [-0.4, -0.2) is 25.7 Å². The fourth-order valence-corrected chi connectivity index (χ4v) is 6.26. The molecule has 1 unspecified atom stereocenters. The standard InChI is InChI=1S/C9H21NSSi/c1-6-7-9(8-10-2)11-12(3,4)5/h9H,2,6-8H2,1,3-5H3. The van der Waals surface area contributed by atoms with Crippen molar-refractivity contribution in [3.8, 4) is 0 Å². The molecule has 0 bridgehead atoms. The maximum atomic E-state index is 3.99. The second-order valence-corrected chi connectivity index (χ2v) is 13.6. The maximum absolute atomic E-state index is 3.99. The van der Waals surface area contributed by atoms with Crippen molar-refractivity contribution in [2.24, 2.45) is 4.99 Å². The van der Waals surface area contributed by atoms with Gasteiger partial charge in [0.1, 0.15) is 7.22 Å². The molecule has 0 N–H and O–H groups in total. The summed E-state index contributed by atoms with van der Waals surface area (Å²) in [6, 6.07) is 0. The van der Waals surface area contributed by atoms with E-state index in [9.17, 15) is 0 Å². The van der Waals surface area contributed by atoms with Crippen molar-refractivity contribution in [2.45, 2.75) is 44.7 Å². The van der Waals surface area contributed by atoms with Crippen LogP contribution >= 0.6 is 11.2 Å². The normalized spacial score (nSPS) is 14.3. The molecule has 0 aromatic heterocycles. The van der Waals surface area contributed by atoms with Gasteiger partial charge in [0.05, 0.1) is 0 Å². The van der Waals surface area contributed by atoms with Crippen molar-refractivity contribution in [2.75, 3.05) is 6.54 Å². The first-order valence-corrected chi connectivity index (χ1v) is 9.70. The van der Waals surface area contributed by atoms with Gasteiger partial charge >= 0.3 is 0 Å². The van der Waals surface area contributed by atoms with Gasteiger partial charge in [-0.3, -0.25) is 4.99 Å². The molecule has 0 saturated heterocycles. The Morgan fingerprint density at radius 3 is 2.33 bits per heavy atom. The molecule has 0 aromatic rings. The average molecular weight is 203 g/mol. The summed E-state index contributed by atoms with van der Waals surface area (Å²) in [7, 11) is -0.966. The van der Waals surface area contributed by atoms with Gasteiger partial charge in [0.25, 0.3) is 0 Å². The van der Waals surface area contributed by atoms with Crippen molar-refractivity contribution in [3.63, 3.8) is 0 Å². The molecule has 0 radical (unpaired) electrons.